The maximum Gasteiger partial charge on any atom is 0.252 e. The van der Waals surface area contributed by atoms with Gasteiger partial charge in [0.15, 0.2) is 5.82 Å². The number of amides is 1. The van der Waals surface area contributed by atoms with Crippen molar-refractivity contribution in [3.63, 3.8) is 0 Å². The highest BCUT2D eigenvalue weighted by Crippen LogP contribution is 2.34. The number of nitriles is 1. The minimum absolute atomic E-state index is 0.282. The Hall–Kier alpha value is -3.79. The first-order valence-corrected chi connectivity index (χ1v) is 8.77. The van der Waals surface area contributed by atoms with Crippen LogP contribution in [0.1, 0.15) is 23.2 Å². The van der Waals surface area contributed by atoms with Gasteiger partial charge in [-0.3, -0.25) is 4.79 Å². The summed E-state index contributed by atoms with van der Waals surface area (Å²) in [5.74, 6) is -0.121. The average Bonchev–Trinajstić information content (AvgIpc) is 3.49. The van der Waals surface area contributed by atoms with Crippen molar-refractivity contribution in [2.45, 2.75) is 18.4 Å². The second-order valence-electron chi connectivity index (χ2n) is 6.67. The van der Waals surface area contributed by atoms with Crippen molar-refractivity contribution in [2.24, 2.45) is 0 Å². The van der Waals surface area contributed by atoms with Gasteiger partial charge in [-0.2, -0.15) is 5.26 Å². The fraction of sp³-hybridized carbons (Fsp3) is 0.143. The summed E-state index contributed by atoms with van der Waals surface area (Å²) >= 11 is 0. The van der Waals surface area contributed by atoms with Crippen LogP contribution in [-0.4, -0.2) is 21.6 Å². The fourth-order valence-electron chi connectivity index (χ4n) is 2.77. The topological polar surface area (TPSA) is 90.7 Å². The van der Waals surface area contributed by atoms with Crippen molar-refractivity contribution in [1.29, 1.82) is 5.26 Å². The minimum Gasteiger partial charge on any atom is -0.339 e. The van der Waals surface area contributed by atoms with E-state index in [4.69, 9.17) is 5.26 Å². The number of nitrogens with zero attached hydrogens (tertiary/aromatic N) is 3. The highest BCUT2D eigenvalue weighted by Gasteiger charge is 2.44. The summed E-state index contributed by atoms with van der Waals surface area (Å²) in [6.45, 7) is 0. The molecule has 6 nitrogen and oxygen atoms in total. The molecule has 1 heterocycles. The number of halogens is 1. The van der Waals surface area contributed by atoms with Crippen LogP contribution in [-0.2, 0) is 0 Å². The number of hydrogen-bond donors (Lipinski definition) is 2. The number of rotatable bonds is 5. The smallest absolute Gasteiger partial charge is 0.252 e. The van der Waals surface area contributed by atoms with Gasteiger partial charge in [0, 0.05) is 16.8 Å². The van der Waals surface area contributed by atoms with Gasteiger partial charge < -0.3 is 10.6 Å². The standard InChI is InChI=1S/C21H16FN5O/c22-16-5-1-3-14(11-16)18-7-8-19(27-26-18)24-17-6-2-4-15(12-17)20(28)25-21(13-23)9-10-21/h1-8,11-12H,9-10H2,(H,24,27)(H,25,28). The third-order valence-corrected chi connectivity index (χ3v) is 4.50. The van der Waals surface area contributed by atoms with E-state index in [0.29, 0.717) is 41.2 Å². The maximum absolute atomic E-state index is 13.3. The maximum atomic E-state index is 13.3. The van der Waals surface area contributed by atoms with Crippen LogP contribution < -0.4 is 10.6 Å². The monoisotopic (exact) mass is 373 g/mol. The van der Waals surface area contributed by atoms with E-state index >= 15 is 0 Å². The van der Waals surface area contributed by atoms with Gasteiger partial charge >= 0.3 is 0 Å². The Labute approximate surface area is 161 Å². The summed E-state index contributed by atoms with van der Waals surface area (Å²) < 4.78 is 13.3. The number of aromatic nitrogens is 2. The zero-order valence-corrected chi connectivity index (χ0v) is 14.8. The second-order valence-corrected chi connectivity index (χ2v) is 6.67. The van der Waals surface area contributed by atoms with Crippen LogP contribution >= 0.6 is 0 Å². The second kappa shape index (κ2) is 7.08. The predicted molar refractivity (Wildman–Crippen MR) is 102 cm³/mol. The molecule has 3 aromatic rings. The molecule has 0 spiro atoms. The lowest BCUT2D eigenvalue weighted by Crippen LogP contribution is -2.35. The lowest BCUT2D eigenvalue weighted by atomic mass is 10.1. The van der Waals surface area contributed by atoms with Crippen LogP contribution in [0.5, 0.6) is 0 Å². The predicted octanol–water partition coefficient (Wildman–Crippen LogP) is 3.81. The molecule has 0 saturated heterocycles. The Morgan fingerprint density at radius 2 is 1.89 bits per heavy atom. The zero-order valence-electron chi connectivity index (χ0n) is 14.8. The molecule has 0 atom stereocenters. The van der Waals surface area contributed by atoms with Gasteiger partial charge in [0.2, 0.25) is 0 Å². The molecule has 0 radical (unpaired) electrons. The van der Waals surface area contributed by atoms with E-state index in [1.54, 1.807) is 48.5 Å². The zero-order chi connectivity index (χ0) is 19.6. The van der Waals surface area contributed by atoms with E-state index in [1.165, 1.54) is 12.1 Å². The molecule has 1 aliphatic rings. The third-order valence-electron chi connectivity index (χ3n) is 4.50. The minimum atomic E-state index is -0.710. The Bertz CT molecular complexity index is 1070. The van der Waals surface area contributed by atoms with Crippen molar-refractivity contribution in [3.8, 4) is 17.3 Å². The summed E-state index contributed by atoms with van der Waals surface area (Å²) in [6, 6.07) is 18.7. The van der Waals surface area contributed by atoms with E-state index in [9.17, 15) is 9.18 Å². The summed E-state index contributed by atoms with van der Waals surface area (Å²) in [4.78, 5) is 12.3. The Morgan fingerprint density at radius 3 is 2.57 bits per heavy atom. The summed E-state index contributed by atoms with van der Waals surface area (Å²) in [7, 11) is 0. The molecule has 7 heteroatoms. The average molecular weight is 373 g/mol. The quantitative estimate of drug-likeness (QED) is 0.710. The van der Waals surface area contributed by atoms with E-state index in [-0.39, 0.29) is 11.7 Å². The summed E-state index contributed by atoms with van der Waals surface area (Å²) in [5, 5.41) is 23.2. The summed E-state index contributed by atoms with van der Waals surface area (Å²) in [6.07, 6.45) is 1.36. The molecule has 2 aromatic carbocycles. The van der Waals surface area contributed by atoms with Crippen LogP contribution in [0, 0.1) is 17.1 Å². The largest absolute Gasteiger partial charge is 0.339 e. The molecule has 28 heavy (non-hydrogen) atoms. The van der Waals surface area contributed by atoms with Crippen LogP contribution in [0.2, 0.25) is 0 Å². The van der Waals surface area contributed by atoms with Crippen molar-refractivity contribution in [2.75, 3.05) is 5.32 Å². The molecule has 1 aliphatic carbocycles. The lowest BCUT2D eigenvalue weighted by Gasteiger charge is -2.11. The molecular formula is C21H16FN5O. The normalized spacial score (nSPS) is 14.0. The molecular weight excluding hydrogens is 357 g/mol. The van der Waals surface area contributed by atoms with E-state index in [1.807, 2.05) is 0 Å². The van der Waals surface area contributed by atoms with E-state index in [0.717, 1.165) is 0 Å². The molecule has 138 valence electrons. The van der Waals surface area contributed by atoms with Crippen molar-refractivity contribution < 1.29 is 9.18 Å². The fourth-order valence-corrected chi connectivity index (χ4v) is 2.77. The van der Waals surface area contributed by atoms with Gasteiger partial charge in [-0.25, -0.2) is 4.39 Å². The molecule has 1 fully saturated rings. The van der Waals surface area contributed by atoms with Crippen LogP contribution in [0.25, 0.3) is 11.3 Å². The molecule has 0 aliphatic heterocycles. The highest BCUT2D eigenvalue weighted by atomic mass is 19.1. The van der Waals surface area contributed by atoms with Crippen LogP contribution in [0.15, 0.2) is 60.7 Å². The number of hydrogen-bond acceptors (Lipinski definition) is 5. The van der Waals surface area contributed by atoms with Gasteiger partial charge in [-0.15, -0.1) is 10.2 Å². The SMILES string of the molecule is N#CC1(NC(=O)c2cccc(Nc3ccc(-c4cccc(F)c4)nn3)c2)CC1. The molecule has 0 unspecified atom stereocenters. The summed E-state index contributed by atoms with van der Waals surface area (Å²) in [5.41, 5.74) is 1.62. The van der Waals surface area contributed by atoms with Crippen molar-refractivity contribution >= 4 is 17.4 Å². The van der Waals surface area contributed by atoms with E-state index < -0.39 is 5.54 Å². The first-order valence-electron chi connectivity index (χ1n) is 8.77. The van der Waals surface area contributed by atoms with Crippen molar-refractivity contribution in [3.05, 3.63) is 72.0 Å². The molecule has 1 saturated carbocycles. The third kappa shape index (κ3) is 3.81. The van der Waals surface area contributed by atoms with E-state index in [2.05, 4.69) is 26.9 Å². The van der Waals surface area contributed by atoms with Crippen molar-refractivity contribution in [1.82, 2.24) is 15.5 Å². The Kier molecular flexibility index (Phi) is 4.45. The van der Waals surface area contributed by atoms with Crippen LogP contribution in [0.3, 0.4) is 0 Å². The molecule has 0 bridgehead atoms. The number of anilines is 2. The highest BCUT2D eigenvalue weighted by molar-refractivity contribution is 5.96. The van der Waals surface area contributed by atoms with Gasteiger partial charge in [0.05, 0.1) is 11.8 Å². The van der Waals surface area contributed by atoms with Gasteiger partial charge in [-0.1, -0.05) is 18.2 Å². The molecule has 1 amide bonds. The molecule has 4 rings (SSSR count). The number of carbonyl (C=O) groups is 1. The van der Waals surface area contributed by atoms with Crippen LogP contribution in [0.4, 0.5) is 15.9 Å². The number of benzene rings is 2. The number of carbonyl (C=O) groups excluding carboxylic acids is 1. The molecule has 1 aromatic heterocycles. The van der Waals surface area contributed by atoms with Gasteiger partial charge in [0.25, 0.3) is 5.91 Å². The van der Waals surface area contributed by atoms with Gasteiger partial charge in [0.1, 0.15) is 11.4 Å². The lowest BCUT2D eigenvalue weighted by molar-refractivity contribution is 0.0941. The first-order chi connectivity index (χ1) is 13.6. The van der Waals surface area contributed by atoms with Gasteiger partial charge in [-0.05, 0) is 55.3 Å². The number of nitrogens with one attached hydrogen (secondary N) is 2. The Morgan fingerprint density at radius 1 is 1.07 bits per heavy atom. The Balaban J connectivity index is 1.47. The first kappa shape index (κ1) is 17.6. The molecule has 2 N–H and O–H groups in total.